The maximum absolute atomic E-state index is 11.2. The van der Waals surface area contributed by atoms with Gasteiger partial charge in [-0.05, 0) is 12.3 Å². The van der Waals surface area contributed by atoms with Crippen molar-refractivity contribution >= 4 is 23.4 Å². The SMILES string of the molecule is C=CNC(=O)Oc1c(C#N)cc(Cl)cc1[N+](=O)[O-]. The van der Waals surface area contributed by atoms with Crippen LogP contribution in [0.15, 0.2) is 24.9 Å². The fourth-order valence-electron chi connectivity index (χ4n) is 1.11. The fraction of sp³-hybridized carbons (Fsp3) is 0. The molecule has 0 bridgehead atoms. The van der Waals surface area contributed by atoms with Crippen LogP contribution >= 0.6 is 11.6 Å². The van der Waals surface area contributed by atoms with E-state index in [1.807, 2.05) is 0 Å². The van der Waals surface area contributed by atoms with E-state index >= 15 is 0 Å². The molecular weight excluding hydrogens is 262 g/mol. The summed E-state index contributed by atoms with van der Waals surface area (Å²) in [6.07, 6.45) is 0.0442. The van der Waals surface area contributed by atoms with Crippen molar-refractivity contribution in [3.8, 4) is 11.8 Å². The molecule has 0 fully saturated rings. The van der Waals surface area contributed by atoms with Gasteiger partial charge in [-0.2, -0.15) is 5.26 Å². The van der Waals surface area contributed by atoms with Gasteiger partial charge >= 0.3 is 11.8 Å². The molecule has 1 rings (SSSR count). The topological polar surface area (TPSA) is 105 Å². The van der Waals surface area contributed by atoms with Crippen molar-refractivity contribution < 1.29 is 14.5 Å². The first-order chi connectivity index (χ1) is 8.49. The van der Waals surface area contributed by atoms with Gasteiger partial charge in [0.1, 0.15) is 11.6 Å². The molecule has 0 unspecified atom stereocenters. The molecular formula is C10H6ClN3O4. The van der Waals surface area contributed by atoms with Crippen LogP contribution in [0.1, 0.15) is 5.56 Å². The zero-order valence-electron chi connectivity index (χ0n) is 8.84. The molecule has 1 amide bonds. The number of carbonyl (C=O) groups excluding carboxylic acids is 1. The number of hydrogen-bond donors (Lipinski definition) is 1. The largest absolute Gasteiger partial charge is 0.416 e. The summed E-state index contributed by atoms with van der Waals surface area (Å²) in [4.78, 5) is 21.2. The number of halogens is 1. The number of nitrogens with one attached hydrogen (secondary N) is 1. The van der Waals surface area contributed by atoms with Crippen LogP contribution in [0.4, 0.5) is 10.5 Å². The van der Waals surface area contributed by atoms with Gasteiger partial charge in [-0.1, -0.05) is 18.2 Å². The fourth-order valence-corrected chi connectivity index (χ4v) is 1.32. The summed E-state index contributed by atoms with van der Waals surface area (Å²) in [6, 6.07) is 3.80. The monoisotopic (exact) mass is 267 g/mol. The second kappa shape index (κ2) is 5.65. The van der Waals surface area contributed by atoms with Crippen LogP contribution < -0.4 is 10.1 Å². The number of nitrogens with zero attached hydrogens (tertiary/aromatic N) is 2. The number of ether oxygens (including phenoxy) is 1. The van der Waals surface area contributed by atoms with Crippen molar-refractivity contribution in [1.82, 2.24) is 5.32 Å². The molecule has 0 aliphatic rings. The van der Waals surface area contributed by atoms with Gasteiger partial charge in [0.25, 0.3) is 0 Å². The van der Waals surface area contributed by atoms with Gasteiger partial charge in [0.2, 0.25) is 5.75 Å². The Morgan fingerprint density at radius 3 is 2.83 bits per heavy atom. The van der Waals surface area contributed by atoms with Crippen LogP contribution in [0.2, 0.25) is 5.02 Å². The highest BCUT2D eigenvalue weighted by Gasteiger charge is 2.23. The van der Waals surface area contributed by atoms with Crippen molar-refractivity contribution in [3.05, 3.63) is 45.6 Å². The maximum Gasteiger partial charge on any atom is 0.416 e. The first-order valence-corrected chi connectivity index (χ1v) is 4.84. The Morgan fingerprint density at radius 2 is 2.33 bits per heavy atom. The second-order valence-electron chi connectivity index (χ2n) is 2.91. The zero-order chi connectivity index (χ0) is 13.7. The molecule has 18 heavy (non-hydrogen) atoms. The summed E-state index contributed by atoms with van der Waals surface area (Å²) in [5.74, 6) is -0.466. The molecule has 7 nitrogen and oxygen atoms in total. The average molecular weight is 268 g/mol. The number of benzene rings is 1. The molecule has 0 saturated carbocycles. The van der Waals surface area contributed by atoms with Crippen LogP contribution in [-0.2, 0) is 0 Å². The molecule has 0 aliphatic heterocycles. The zero-order valence-corrected chi connectivity index (χ0v) is 9.60. The molecule has 0 saturated heterocycles. The smallest absolute Gasteiger partial charge is 0.401 e. The van der Waals surface area contributed by atoms with Gasteiger partial charge < -0.3 is 4.74 Å². The van der Waals surface area contributed by atoms with Gasteiger partial charge in [0.05, 0.1) is 4.92 Å². The molecule has 8 heteroatoms. The quantitative estimate of drug-likeness (QED) is 0.668. The van der Waals surface area contributed by atoms with Gasteiger partial charge in [-0.25, -0.2) is 4.79 Å². The van der Waals surface area contributed by atoms with Crippen LogP contribution in [0, 0.1) is 21.4 Å². The number of nitriles is 1. The van der Waals surface area contributed by atoms with E-state index in [9.17, 15) is 14.9 Å². The Labute approximate surface area is 106 Å². The van der Waals surface area contributed by atoms with Crippen molar-refractivity contribution in [2.24, 2.45) is 0 Å². The Morgan fingerprint density at radius 1 is 1.67 bits per heavy atom. The van der Waals surface area contributed by atoms with E-state index in [0.29, 0.717) is 0 Å². The van der Waals surface area contributed by atoms with Gasteiger partial charge in [-0.3, -0.25) is 15.4 Å². The number of hydrogen-bond acceptors (Lipinski definition) is 5. The van der Waals surface area contributed by atoms with Gasteiger partial charge in [-0.15, -0.1) is 0 Å². The molecule has 0 radical (unpaired) electrons. The normalized spacial score (nSPS) is 9.11. The van der Waals surface area contributed by atoms with E-state index < -0.39 is 22.5 Å². The molecule has 1 aromatic carbocycles. The summed E-state index contributed by atoms with van der Waals surface area (Å²) < 4.78 is 4.68. The first-order valence-electron chi connectivity index (χ1n) is 4.47. The lowest BCUT2D eigenvalue weighted by atomic mass is 10.2. The predicted molar refractivity (Wildman–Crippen MR) is 62.2 cm³/mol. The standard InChI is InChI=1S/C10H6ClN3O4/c1-2-13-10(15)18-9-6(5-12)3-7(11)4-8(9)14(16)17/h2-4H,1H2,(H,13,15). The van der Waals surface area contributed by atoms with Gasteiger partial charge in [0.15, 0.2) is 0 Å². The lowest BCUT2D eigenvalue weighted by Gasteiger charge is -2.06. The summed E-state index contributed by atoms with van der Waals surface area (Å²) >= 11 is 5.61. The number of nitro benzene ring substituents is 1. The van der Waals surface area contributed by atoms with Crippen LogP contribution in [0.25, 0.3) is 0 Å². The Hall–Kier alpha value is -2.59. The molecule has 0 heterocycles. The van der Waals surface area contributed by atoms with Crippen molar-refractivity contribution in [1.29, 1.82) is 5.26 Å². The van der Waals surface area contributed by atoms with Crippen LogP contribution in [0.5, 0.6) is 5.75 Å². The van der Waals surface area contributed by atoms with Crippen molar-refractivity contribution in [3.63, 3.8) is 0 Å². The number of carbonyl (C=O) groups is 1. The highest BCUT2D eigenvalue weighted by molar-refractivity contribution is 6.31. The van der Waals surface area contributed by atoms with Crippen LogP contribution in [-0.4, -0.2) is 11.0 Å². The second-order valence-corrected chi connectivity index (χ2v) is 3.34. The minimum absolute atomic E-state index is 0.00488. The van der Waals surface area contributed by atoms with Crippen LogP contribution in [0.3, 0.4) is 0 Å². The Bertz CT molecular complexity index is 565. The number of nitro groups is 1. The Balaban J connectivity index is 3.30. The van der Waals surface area contributed by atoms with E-state index in [-0.39, 0.29) is 10.6 Å². The molecule has 1 aromatic rings. The first kappa shape index (κ1) is 13.5. The van der Waals surface area contributed by atoms with E-state index in [2.05, 4.69) is 16.6 Å². The number of rotatable bonds is 3. The molecule has 0 atom stereocenters. The minimum Gasteiger partial charge on any atom is -0.401 e. The molecule has 92 valence electrons. The highest BCUT2D eigenvalue weighted by Crippen LogP contribution is 2.34. The lowest BCUT2D eigenvalue weighted by Crippen LogP contribution is -2.22. The Kier molecular flexibility index (Phi) is 4.23. The predicted octanol–water partition coefficient (Wildman–Crippen LogP) is 2.35. The highest BCUT2D eigenvalue weighted by atomic mass is 35.5. The van der Waals surface area contributed by atoms with Gasteiger partial charge in [0, 0.05) is 11.1 Å². The third-order valence-electron chi connectivity index (χ3n) is 1.77. The van der Waals surface area contributed by atoms with Crippen molar-refractivity contribution in [2.75, 3.05) is 0 Å². The molecule has 0 aromatic heterocycles. The molecule has 1 N–H and O–H groups in total. The van der Waals surface area contributed by atoms with E-state index in [1.54, 1.807) is 6.07 Å². The lowest BCUT2D eigenvalue weighted by molar-refractivity contribution is -0.385. The van der Waals surface area contributed by atoms with Crippen molar-refractivity contribution in [2.45, 2.75) is 0 Å². The number of amides is 1. The summed E-state index contributed by atoms with van der Waals surface area (Å²) in [7, 11) is 0. The molecule has 0 spiro atoms. The average Bonchev–Trinajstić information content (AvgIpc) is 2.30. The third kappa shape index (κ3) is 2.96. The maximum atomic E-state index is 11.2. The van der Waals surface area contributed by atoms with E-state index in [1.165, 1.54) is 0 Å². The minimum atomic E-state index is -0.994. The summed E-state index contributed by atoms with van der Waals surface area (Å²) in [5.41, 5.74) is -0.785. The molecule has 0 aliphatic carbocycles. The summed E-state index contributed by atoms with van der Waals surface area (Å²) in [6.45, 7) is 3.22. The summed E-state index contributed by atoms with van der Waals surface area (Å²) in [5, 5.41) is 21.7. The van der Waals surface area contributed by atoms with E-state index in [4.69, 9.17) is 16.9 Å². The third-order valence-corrected chi connectivity index (χ3v) is 1.98. The van der Waals surface area contributed by atoms with E-state index in [0.717, 1.165) is 18.3 Å².